The highest BCUT2D eigenvalue weighted by molar-refractivity contribution is 6.08. The van der Waals surface area contributed by atoms with Crippen molar-refractivity contribution in [2.24, 2.45) is 0 Å². The van der Waals surface area contributed by atoms with Gasteiger partial charge in [-0.2, -0.15) is 0 Å². The Morgan fingerprint density at radius 1 is 1.00 bits per heavy atom. The SMILES string of the molecule is O=C(c1ccc(C2=CCCCC2)cc1)c1cccnc1. The van der Waals surface area contributed by atoms with Crippen molar-refractivity contribution in [1.82, 2.24) is 4.98 Å². The molecule has 0 atom stereocenters. The van der Waals surface area contributed by atoms with Gasteiger partial charge in [-0.3, -0.25) is 9.78 Å². The third-order valence-electron chi connectivity index (χ3n) is 3.73. The number of aromatic nitrogens is 1. The van der Waals surface area contributed by atoms with Gasteiger partial charge in [0, 0.05) is 23.5 Å². The van der Waals surface area contributed by atoms with Crippen LogP contribution in [0.2, 0.25) is 0 Å². The standard InChI is InChI=1S/C18H17NO/c20-18(17-7-4-12-19-13-17)16-10-8-15(9-11-16)14-5-2-1-3-6-14/h4-5,7-13H,1-3,6H2. The van der Waals surface area contributed by atoms with E-state index >= 15 is 0 Å². The first-order valence-corrected chi connectivity index (χ1v) is 7.09. The lowest BCUT2D eigenvalue weighted by Gasteiger charge is -2.13. The topological polar surface area (TPSA) is 30.0 Å². The predicted octanol–water partition coefficient (Wildman–Crippen LogP) is 4.27. The summed E-state index contributed by atoms with van der Waals surface area (Å²) in [5.74, 6) is 0.0299. The molecular formula is C18H17NO. The van der Waals surface area contributed by atoms with Crippen LogP contribution in [0.1, 0.15) is 47.2 Å². The molecule has 100 valence electrons. The number of benzene rings is 1. The summed E-state index contributed by atoms with van der Waals surface area (Å²) < 4.78 is 0. The largest absolute Gasteiger partial charge is 0.289 e. The molecule has 2 aromatic rings. The fourth-order valence-electron chi connectivity index (χ4n) is 2.60. The molecule has 1 aromatic carbocycles. The Hall–Kier alpha value is -2.22. The first kappa shape index (κ1) is 12.8. The number of nitrogens with zero attached hydrogens (tertiary/aromatic N) is 1. The third-order valence-corrected chi connectivity index (χ3v) is 3.73. The number of carbonyl (C=O) groups is 1. The molecule has 0 fully saturated rings. The molecule has 0 saturated heterocycles. The Labute approximate surface area is 119 Å². The second kappa shape index (κ2) is 5.83. The summed E-state index contributed by atoms with van der Waals surface area (Å²) in [7, 11) is 0. The maximum atomic E-state index is 12.3. The zero-order chi connectivity index (χ0) is 13.8. The van der Waals surface area contributed by atoms with Crippen molar-refractivity contribution in [3.8, 4) is 0 Å². The number of pyridine rings is 1. The highest BCUT2D eigenvalue weighted by Crippen LogP contribution is 2.27. The molecule has 1 aliphatic rings. The van der Waals surface area contributed by atoms with E-state index in [1.807, 2.05) is 12.1 Å². The van der Waals surface area contributed by atoms with E-state index in [1.165, 1.54) is 30.4 Å². The molecule has 0 spiro atoms. The minimum atomic E-state index is 0.0299. The van der Waals surface area contributed by atoms with Crippen LogP contribution < -0.4 is 0 Å². The van der Waals surface area contributed by atoms with Crippen LogP contribution in [0.5, 0.6) is 0 Å². The van der Waals surface area contributed by atoms with Gasteiger partial charge >= 0.3 is 0 Å². The molecule has 0 bridgehead atoms. The normalized spacial score (nSPS) is 14.7. The molecule has 0 aliphatic heterocycles. The van der Waals surface area contributed by atoms with Gasteiger partial charge in [-0.1, -0.05) is 30.3 Å². The fraction of sp³-hybridized carbons (Fsp3) is 0.222. The van der Waals surface area contributed by atoms with Crippen molar-refractivity contribution in [2.45, 2.75) is 25.7 Å². The van der Waals surface area contributed by atoms with Crippen LogP contribution in [-0.4, -0.2) is 10.8 Å². The average molecular weight is 263 g/mol. The van der Waals surface area contributed by atoms with Crippen LogP contribution in [0, 0.1) is 0 Å². The molecule has 0 N–H and O–H groups in total. The van der Waals surface area contributed by atoms with Crippen molar-refractivity contribution in [1.29, 1.82) is 0 Å². The van der Waals surface area contributed by atoms with Crippen molar-refractivity contribution in [3.63, 3.8) is 0 Å². The number of hydrogen-bond acceptors (Lipinski definition) is 2. The van der Waals surface area contributed by atoms with Gasteiger partial charge < -0.3 is 0 Å². The maximum Gasteiger partial charge on any atom is 0.194 e. The summed E-state index contributed by atoms with van der Waals surface area (Å²) in [6.45, 7) is 0. The molecule has 0 radical (unpaired) electrons. The van der Waals surface area contributed by atoms with Gasteiger partial charge in [0.05, 0.1) is 0 Å². The lowest BCUT2D eigenvalue weighted by molar-refractivity contribution is 0.103. The smallest absolute Gasteiger partial charge is 0.194 e. The monoisotopic (exact) mass is 263 g/mol. The van der Waals surface area contributed by atoms with Crippen LogP contribution in [0.25, 0.3) is 5.57 Å². The molecule has 3 rings (SSSR count). The summed E-state index contributed by atoms with van der Waals surface area (Å²) in [6, 6.07) is 11.5. The van der Waals surface area contributed by atoms with Gasteiger partial charge in [-0.15, -0.1) is 0 Å². The van der Waals surface area contributed by atoms with E-state index in [2.05, 4.69) is 23.2 Å². The summed E-state index contributed by atoms with van der Waals surface area (Å²) >= 11 is 0. The Balaban J connectivity index is 1.83. The van der Waals surface area contributed by atoms with E-state index in [-0.39, 0.29) is 5.78 Å². The Morgan fingerprint density at radius 3 is 2.50 bits per heavy atom. The quantitative estimate of drug-likeness (QED) is 0.774. The van der Waals surface area contributed by atoms with Crippen LogP contribution in [0.4, 0.5) is 0 Å². The molecule has 2 heteroatoms. The van der Waals surface area contributed by atoms with Gasteiger partial charge in [-0.05, 0) is 49.0 Å². The number of ketones is 1. The fourth-order valence-corrected chi connectivity index (χ4v) is 2.60. The van der Waals surface area contributed by atoms with Gasteiger partial charge in [0.2, 0.25) is 0 Å². The summed E-state index contributed by atoms with van der Waals surface area (Å²) in [5.41, 5.74) is 4.01. The van der Waals surface area contributed by atoms with Crippen molar-refractivity contribution >= 4 is 11.4 Å². The van der Waals surface area contributed by atoms with Gasteiger partial charge in [0.15, 0.2) is 5.78 Å². The number of allylic oxidation sites excluding steroid dienone is 2. The van der Waals surface area contributed by atoms with Gasteiger partial charge in [-0.25, -0.2) is 0 Å². The van der Waals surface area contributed by atoms with E-state index in [4.69, 9.17) is 0 Å². The maximum absolute atomic E-state index is 12.3. The third kappa shape index (κ3) is 2.69. The van der Waals surface area contributed by atoms with Crippen molar-refractivity contribution in [3.05, 3.63) is 71.6 Å². The molecule has 20 heavy (non-hydrogen) atoms. The van der Waals surface area contributed by atoms with E-state index in [9.17, 15) is 4.79 Å². The number of hydrogen-bond donors (Lipinski definition) is 0. The minimum absolute atomic E-state index is 0.0299. The second-order valence-corrected chi connectivity index (χ2v) is 5.12. The summed E-state index contributed by atoms with van der Waals surface area (Å²) in [5, 5.41) is 0. The van der Waals surface area contributed by atoms with Crippen molar-refractivity contribution in [2.75, 3.05) is 0 Å². The predicted molar refractivity (Wildman–Crippen MR) is 80.6 cm³/mol. The van der Waals surface area contributed by atoms with E-state index in [0.717, 1.165) is 12.0 Å². The van der Waals surface area contributed by atoms with E-state index < -0.39 is 0 Å². The van der Waals surface area contributed by atoms with Crippen LogP contribution in [0.3, 0.4) is 0 Å². The minimum Gasteiger partial charge on any atom is -0.289 e. The average Bonchev–Trinajstić information content (AvgIpc) is 2.56. The molecule has 0 unspecified atom stereocenters. The van der Waals surface area contributed by atoms with E-state index in [1.54, 1.807) is 24.5 Å². The summed E-state index contributed by atoms with van der Waals surface area (Å²) in [6.07, 6.45) is 10.5. The highest BCUT2D eigenvalue weighted by Gasteiger charge is 2.10. The van der Waals surface area contributed by atoms with Gasteiger partial charge in [0.1, 0.15) is 0 Å². The summed E-state index contributed by atoms with van der Waals surface area (Å²) in [4.78, 5) is 16.3. The van der Waals surface area contributed by atoms with Gasteiger partial charge in [0.25, 0.3) is 0 Å². The second-order valence-electron chi connectivity index (χ2n) is 5.12. The Morgan fingerprint density at radius 2 is 1.85 bits per heavy atom. The molecular weight excluding hydrogens is 246 g/mol. The lowest BCUT2D eigenvalue weighted by atomic mass is 9.92. The number of rotatable bonds is 3. The first-order chi connectivity index (χ1) is 9.84. The van der Waals surface area contributed by atoms with Crippen LogP contribution in [0.15, 0.2) is 54.9 Å². The van der Waals surface area contributed by atoms with Crippen LogP contribution in [-0.2, 0) is 0 Å². The van der Waals surface area contributed by atoms with Crippen LogP contribution >= 0.6 is 0 Å². The molecule has 1 heterocycles. The zero-order valence-electron chi connectivity index (χ0n) is 11.4. The Bertz CT molecular complexity index is 626. The molecule has 1 aromatic heterocycles. The molecule has 0 saturated carbocycles. The first-order valence-electron chi connectivity index (χ1n) is 7.09. The Kier molecular flexibility index (Phi) is 3.73. The molecule has 2 nitrogen and oxygen atoms in total. The van der Waals surface area contributed by atoms with E-state index in [0.29, 0.717) is 5.56 Å². The lowest BCUT2D eigenvalue weighted by Crippen LogP contribution is -2.01. The van der Waals surface area contributed by atoms with Crippen molar-refractivity contribution < 1.29 is 4.79 Å². The molecule has 0 amide bonds. The highest BCUT2D eigenvalue weighted by atomic mass is 16.1. The molecule has 1 aliphatic carbocycles. The number of carbonyl (C=O) groups excluding carboxylic acids is 1. The zero-order valence-corrected chi connectivity index (χ0v) is 11.4.